The molecule has 0 spiro atoms. The molecule has 2 fully saturated rings. The van der Waals surface area contributed by atoms with Gasteiger partial charge in [-0.1, -0.05) is 0 Å². The second-order valence-electron chi connectivity index (χ2n) is 3.53. The lowest BCUT2D eigenvalue weighted by Gasteiger charge is -2.14. The van der Waals surface area contributed by atoms with Gasteiger partial charge in [-0.2, -0.15) is 0 Å². The average molecular weight is 207 g/mol. The normalized spacial score (nSPS) is 34.8. The number of fused-ring (bicyclic) bond motifs is 1. The van der Waals surface area contributed by atoms with E-state index in [1.165, 1.54) is 12.2 Å². The van der Waals surface area contributed by atoms with Gasteiger partial charge in [0.2, 0.25) is 5.91 Å². The Bertz CT molecular complexity index is 202. The third kappa shape index (κ3) is 1.66. The second kappa shape index (κ2) is 3.82. The first-order valence-electron chi connectivity index (χ1n) is 4.28. The number of halogens is 1. The Morgan fingerprint density at radius 3 is 2.46 bits per heavy atom. The van der Waals surface area contributed by atoms with Gasteiger partial charge in [0.15, 0.2) is 0 Å². The Morgan fingerprint density at radius 1 is 1.46 bits per heavy atom. The van der Waals surface area contributed by atoms with Crippen LogP contribution in [-0.4, -0.2) is 38.2 Å². The Hall–Kier alpha value is -0.320. The van der Waals surface area contributed by atoms with Crippen LogP contribution >= 0.6 is 12.4 Å². The molecule has 3 atom stereocenters. The molecular formula is C8H15ClN2O2. The molecule has 2 aliphatic rings. The molecular weight excluding hydrogens is 192 g/mol. The smallest absolute Gasteiger partial charge is 0.249 e. The van der Waals surface area contributed by atoms with Gasteiger partial charge in [-0.3, -0.25) is 9.63 Å². The van der Waals surface area contributed by atoms with Gasteiger partial charge in [-0.15, -0.1) is 12.4 Å². The van der Waals surface area contributed by atoms with Crippen LogP contribution in [0.25, 0.3) is 0 Å². The van der Waals surface area contributed by atoms with Crippen molar-refractivity contribution in [3.05, 3.63) is 0 Å². The molecule has 1 unspecified atom stereocenters. The predicted octanol–water partition coefficient (Wildman–Crippen LogP) is -0.107. The van der Waals surface area contributed by atoms with Crippen molar-refractivity contribution in [2.24, 2.45) is 17.8 Å². The van der Waals surface area contributed by atoms with Crippen molar-refractivity contribution in [2.45, 2.75) is 0 Å². The number of carbonyl (C=O) groups is 1. The average Bonchev–Trinajstić information content (AvgIpc) is 2.56. The van der Waals surface area contributed by atoms with Crippen LogP contribution < -0.4 is 5.32 Å². The lowest BCUT2D eigenvalue weighted by molar-refractivity contribution is -0.171. The number of piperidine rings is 1. The summed E-state index contributed by atoms with van der Waals surface area (Å²) in [5.74, 6) is 1.52. The summed E-state index contributed by atoms with van der Waals surface area (Å²) in [6, 6.07) is 0. The summed E-state index contributed by atoms with van der Waals surface area (Å²) in [6.07, 6.45) is 0. The molecule has 1 heterocycles. The fourth-order valence-electron chi connectivity index (χ4n) is 2.08. The van der Waals surface area contributed by atoms with Crippen LogP contribution in [0.15, 0.2) is 0 Å². The summed E-state index contributed by atoms with van der Waals surface area (Å²) in [5, 5.41) is 4.59. The molecule has 5 heteroatoms. The number of amides is 1. The third-order valence-electron chi connectivity index (χ3n) is 2.96. The molecule has 0 aromatic rings. The van der Waals surface area contributed by atoms with Crippen LogP contribution in [0.1, 0.15) is 0 Å². The molecule has 1 aliphatic carbocycles. The molecule has 1 aliphatic heterocycles. The maximum absolute atomic E-state index is 11.5. The SMILES string of the molecule is CON(C)C(=O)C1[C@H]2CNC[C@@H]12.Cl. The Balaban J connectivity index is 0.000000845. The van der Waals surface area contributed by atoms with Crippen molar-refractivity contribution in [2.75, 3.05) is 27.2 Å². The Labute approximate surface area is 84.0 Å². The van der Waals surface area contributed by atoms with Crippen LogP contribution in [0, 0.1) is 17.8 Å². The molecule has 0 aromatic heterocycles. The highest BCUT2D eigenvalue weighted by Gasteiger charge is 2.57. The van der Waals surface area contributed by atoms with E-state index >= 15 is 0 Å². The zero-order valence-electron chi connectivity index (χ0n) is 7.82. The highest BCUT2D eigenvalue weighted by molar-refractivity contribution is 5.85. The molecule has 2 rings (SSSR count). The van der Waals surface area contributed by atoms with Crippen LogP contribution in [0.5, 0.6) is 0 Å². The highest BCUT2D eigenvalue weighted by Crippen LogP contribution is 2.49. The molecule has 76 valence electrons. The Kier molecular flexibility index (Phi) is 3.16. The second-order valence-corrected chi connectivity index (χ2v) is 3.53. The zero-order chi connectivity index (χ0) is 8.72. The molecule has 0 bridgehead atoms. The molecule has 1 amide bonds. The first-order valence-corrected chi connectivity index (χ1v) is 4.28. The van der Waals surface area contributed by atoms with Gasteiger partial charge in [0.25, 0.3) is 0 Å². The van der Waals surface area contributed by atoms with Crippen molar-refractivity contribution in [3.8, 4) is 0 Å². The van der Waals surface area contributed by atoms with E-state index in [4.69, 9.17) is 4.84 Å². The van der Waals surface area contributed by atoms with E-state index in [0.717, 1.165) is 13.1 Å². The molecule has 1 saturated heterocycles. The van der Waals surface area contributed by atoms with Crippen molar-refractivity contribution in [3.63, 3.8) is 0 Å². The van der Waals surface area contributed by atoms with E-state index < -0.39 is 0 Å². The van der Waals surface area contributed by atoms with Gasteiger partial charge in [0, 0.05) is 13.0 Å². The fourth-order valence-corrected chi connectivity index (χ4v) is 2.08. The third-order valence-corrected chi connectivity index (χ3v) is 2.96. The largest absolute Gasteiger partial charge is 0.316 e. The summed E-state index contributed by atoms with van der Waals surface area (Å²) in [6.45, 7) is 2.00. The van der Waals surface area contributed by atoms with Crippen LogP contribution in [-0.2, 0) is 9.63 Å². The van der Waals surface area contributed by atoms with E-state index in [0.29, 0.717) is 11.8 Å². The quantitative estimate of drug-likeness (QED) is 0.642. The molecule has 13 heavy (non-hydrogen) atoms. The molecule has 0 aromatic carbocycles. The van der Waals surface area contributed by atoms with E-state index in [-0.39, 0.29) is 24.2 Å². The molecule has 1 saturated carbocycles. The van der Waals surface area contributed by atoms with Crippen molar-refractivity contribution in [1.29, 1.82) is 0 Å². The van der Waals surface area contributed by atoms with E-state index in [9.17, 15) is 4.79 Å². The molecule has 4 nitrogen and oxygen atoms in total. The fraction of sp³-hybridized carbons (Fsp3) is 0.875. The minimum absolute atomic E-state index is 0. The van der Waals surface area contributed by atoms with Crippen molar-refractivity contribution >= 4 is 18.3 Å². The summed E-state index contributed by atoms with van der Waals surface area (Å²) < 4.78 is 0. The van der Waals surface area contributed by atoms with Gasteiger partial charge < -0.3 is 5.32 Å². The number of hydrogen-bond donors (Lipinski definition) is 1. The van der Waals surface area contributed by atoms with Gasteiger partial charge in [-0.25, -0.2) is 5.06 Å². The summed E-state index contributed by atoms with van der Waals surface area (Å²) in [4.78, 5) is 16.4. The number of hydrogen-bond acceptors (Lipinski definition) is 3. The van der Waals surface area contributed by atoms with Crippen LogP contribution in [0.2, 0.25) is 0 Å². The number of hydroxylamine groups is 2. The first-order chi connectivity index (χ1) is 5.75. The maximum Gasteiger partial charge on any atom is 0.249 e. The topological polar surface area (TPSA) is 41.6 Å². The summed E-state index contributed by atoms with van der Waals surface area (Å²) >= 11 is 0. The Morgan fingerprint density at radius 2 is 2.00 bits per heavy atom. The van der Waals surface area contributed by atoms with Crippen LogP contribution in [0.3, 0.4) is 0 Å². The monoisotopic (exact) mass is 206 g/mol. The van der Waals surface area contributed by atoms with E-state index in [2.05, 4.69) is 5.32 Å². The number of rotatable bonds is 2. The lowest BCUT2D eigenvalue weighted by Crippen LogP contribution is -2.30. The zero-order valence-corrected chi connectivity index (χ0v) is 8.63. The minimum Gasteiger partial charge on any atom is -0.316 e. The molecule has 1 N–H and O–H groups in total. The van der Waals surface area contributed by atoms with Gasteiger partial charge in [0.1, 0.15) is 0 Å². The number of nitrogens with zero attached hydrogens (tertiary/aromatic N) is 1. The van der Waals surface area contributed by atoms with Gasteiger partial charge >= 0.3 is 0 Å². The predicted molar refractivity (Wildman–Crippen MR) is 50.4 cm³/mol. The summed E-state index contributed by atoms with van der Waals surface area (Å²) in [7, 11) is 3.19. The lowest BCUT2D eigenvalue weighted by atomic mass is 10.2. The number of nitrogens with one attached hydrogen (secondary N) is 1. The van der Waals surface area contributed by atoms with Crippen molar-refractivity contribution in [1.82, 2.24) is 10.4 Å². The van der Waals surface area contributed by atoms with Gasteiger partial charge in [-0.05, 0) is 24.9 Å². The van der Waals surface area contributed by atoms with Gasteiger partial charge in [0.05, 0.1) is 7.11 Å². The number of carbonyl (C=O) groups excluding carboxylic acids is 1. The van der Waals surface area contributed by atoms with E-state index in [1.54, 1.807) is 7.05 Å². The van der Waals surface area contributed by atoms with E-state index in [1.807, 2.05) is 0 Å². The molecule has 0 radical (unpaired) electrons. The standard InChI is InChI=1S/C8H14N2O2.ClH/c1-10(12-2)8(11)7-5-3-9-4-6(5)7;/h5-7,9H,3-4H2,1-2H3;1H/t5-,6+,7?;. The first kappa shape index (κ1) is 10.8. The highest BCUT2D eigenvalue weighted by atomic mass is 35.5. The van der Waals surface area contributed by atoms with Crippen LogP contribution in [0.4, 0.5) is 0 Å². The maximum atomic E-state index is 11.5. The summed E-state index contributed by atoms with van der Waals surface area (Å²) in [5.41, 5.74) is 0. The van der Waals surface area contributed by atoms with Crippen molar-refractivity contribution < 1.29 is 9.63 Å². The minimum atomic E-state index is 0.